The van der Waals surface area contributed by atoms with Crippen LogP contribution in [0.4, 0.5) is 5.69 Å². The van der Waals surface area contributed by atoms with E-state index in [1.54, 1.807) is 6.92 Å². The first-order valence-corrected chi connectivity index (χ1v) is 4.82. The molecule has 1 aromatic heterocycles. The Kier molecular flexibility index (Phi) is 2.62. The molecular formula is C10H7ClN2O3. The molecule has 0 unspecified atom stereocenters. The summed E-state index contributed by atoms with van der Waals surface area (Å²) in [5, 5.41) is 11.0. The molecule has 6 heteroatoms. The summed E-state index contributed by atoms with van der Waals surface area (Å²) in [6, 6.07) is 4.19. The molecule has 0 fully saturated rings. The van der Waals surface area contributed by atoms with Gasteiger partial charge in [-0.3, -0.25) is 10.1 Å². The van der Waals surface area contributed by atoms with Crippen molar-refractivity contribution >= 4 is 17.3 Å². The summed E-state index contributed by atoms with van der Waals surface area (Å²) >= 11 is 5.94. The van der Waals surface area contributed by atoms with Crippen LogP contribution < -0.4 is 0 Å². The standard InChI is InChI=1S/C10H7ClN2O3/c1-6-12-10(5-16-6)8-4-7(13(14)15)2-3-9(8)11/h2-5H,1H3. The van der Waals surface area contributed by atoms with Crippen LogP contribution in [0.25, 0.3) is 11.3 Å². The number of hydrogen-bond donors (Lipinski definition) is 0. The molecule has 1 heterocycles. The van der Waals surface area contributed by atoms with Gasteiger partial charge in [0, 0.05) is 24.6 Å². The van der Waals surface area contributed by atoms with E-state index in [1.807, 2.05) is 0 Å². The second-order valence-corrected chi connectivity index (χ2v) is 3.58. The van der Waals surface area contributed by atoms with Crippen LogP contribution in [0.3, 0.4) is 0 Å². The number of aromatic nitrogens is 1. The topological polar surface area (TPSA) is 69.2 Å². The van der Waals surface area contributed by atoms with Crippen molar-refractivity contribution in [1.82, 2.24) is 4.98 Å². The molecule has 2 aromatic rings. The normalized spacial score (nSPS) is 10.4. The van der Waals surface area contributed by atoms with E-state index < -0.39 is 4.92 Å². The average Bonchev–Trinajstić information content (AvgIpc) is 2.65. The Balaban J connectivity index is 2.55. The molecule has 0 N–H and O–H groups in total. The van der Waals surface area contributed by atoms with Crippen molar-refractivity contribution in [3.63, 3.8) is 0 Å². The number of halogens is 1. The van der Waals surface area contributed by atoms with Crippen molar-refractivity contribution in [1.29, 1.82) is 0 Å². The number of nitro benzene ring substituents is 1. The Bertz CT molecular complexity index is 551. The lowest BCUT2D eigenvalue weighted by molar-refractivity contribution is -0.384. The minimum Gasteiger partial charge on any atom is -0.449 e. The van der Waals surface area contributed by atoms with Gasteiger partial charge in [-0.15, -0.1) is 0 Å². The third-order valence-corrected chi connectivity index (χ3v) is 2.39. The van der Waals surface area contributed by atoms with Gasteiger partial charge in [0.1, 0.15) is 12.0 Å². The molecule has 0 amide bonds. The van der Waals surface area contributed by atoms with E-state index in [0.29, 0.717) is 22.2 Å². The molecule has 1 aromatic carbocycles. The first kappa shape index (κ1) is 10.6. The molecule has 0 aliphatic heterocycles. The van der Waals surface area contributed by atoms with Gasteiger partial charge in [0.05, 0.1) is 9.95 Å². The molecule has 0 aliphatic carbocycles. The molecule has 0 saturated heterocycles. The fourth-order valence-corrected chi connectivity index (χ4v) is 1.52. The smallest absolute Gasteiger partial charge is 0.270 e. The van der Waals surface area contributed by atoms with Gasteiger partial charge in [0.15, 0.2) is 5.89 Å². The van der Waals surface area contributed by atoms with Crippen molar-refractivity contribution in [2.24, 2.45) is 0 Å². The number of nitrogens with zero attached hydrogens (tertiary/aromatic N) is 2. The van der Waals surface area contributed by atoms with Crippen molar-refractivity contribution < 1.29 is 9.34 Å². The van der Waals surface area contributed by atoms with Gasteiger partial charge >= 0.3 is 0 Å². The van der Waals surface area contributed by atoms with Gasteiger partial charge in [-0.2, -0.15) is 0 Å². The second kappa shape index (κ2) is 3.94. The van der Waals surface area contributed by atoms with Crippen molar-refractivity contribution in [2.45, 2.75) is 6.92 Å². The van der Waals surface area contributed by atoms with Gasteiger partial charge < -0.3 is 4.42 Å². The van der Waals surface area contributed by atoms with Crippen molar-refractivity contribution in [3.8, 4) is 11.3 Å². The molecule has 0 spiro atoms. The maximum Gasteiger partial charge on any atom is 0.270 e. The third kappa shape index (κ3) is 1.90. The summed E-state index contributed by atoms with van der Waals surface area (Å²) in [5.41, 5.74) is 0.957. The number of non-ortho nitro benzene ring substituents is 1. The minimum atomic E-state index is -0.479. The zero-order valence-corrected chi connectivity index (χ0v) is 9.06. The number of nitro groups is 1. The highest BCUT2D eigenvalue weighted by atomic mass is 35.5. The lowest BCUT2D eigenvalue weighted by atomic mass is 10.1. The molecular weight excluding hydrogens is 232 g/mol. The van der Waals surface area contributed by atoms with Crippen LogP contribution in [-0.2, 0) is 0 Å². The van der Waals surface area contributed by atoms with E-state index in [0.717, 1.165) is 0 Å². The maximum absolute atomic E-state index is 10.6. The largest absolute Gasteiger partial charge is 0.449 e. The van der Waals surface area contributed by atoms with Crippen LogP contribution >= 0.6 is 11.6 Å². The molecule has 82 valence electrons. The van der Waals surface area contributed by atoms with E-state index in [9.17, 15) is 10.1 Å². The van der Waals surface area contributed by atoms with Crippen molar-refractivity contribution in [2.75, 3.05) is 0 Å². The van der Waals surface area contributed by atoms with Crippen LogP contribution in [0.2, 0.25) is 5.02 Å². The fraction of sp³-hybridized carbons (Fsp3) is 0.100. The van der Waals surface area contributed by atoms with Crippen LogP contribution in [0.1, 0.15) is 5.89 Å². The quantitative estimate of drug-likeness (QED) is 0.595. The molecule has 0 atom stereocenters. The molecule has 0 bridgehead atoms. The number of hydrogen-bond acceptors (Lipinski definition) is 4. The zero-order valence-electron chi connectivity index (χ0n) is 8.31. The summed E-state index contributed by atoms with van der Waals surface area (Å²) in [6.45, 7) is 1.69. The highest BCUT2D eigenvalue weighted by molar-refractivity contribution is 6.33. The number of oxazole rings is 1. The summed E-state index contributed by atoms with van der Waals surface area (Å²) in [7, 11) is 0. The Labute approximate surface area is 95.8 Å². The predicted molar refractivity (Wildman–Crippen MR) is 58.3 cm³/mol. The summed E-state index contributed by atoms with van der Waals surface area (Å²) < 4.78 is 5.03. The predicted octanol–water partition coefficient (Wildman–Crippen LogP) is 3.21. The number of aryl methyl sites for hydroxylation is 1. The monoisotopic (exact) mass is 238 g/mol. The first-order valence-electron chi connectivity index (χ1n) is 4.44. The van der Waals surface area contributed by atoms with E-state index in [2.05, 4.69) is 4.98 Å². The van der Waals surface area contributed by atoms with E-state index >= 15 is 0 Å². The Morgan fingerprint density at radius 3 is 2.81 bits per heavy atom. The first-order chi connectivity index (χ1) is 7.58. The van der Waals surface area contributed by atoms with Gasteiger partial charge in [-0.05, 0) is 6.07 Å². The lowest BCUT2D eigenvalue weighted by Gasteiger charge is -1.99. The van der Waals surface area contributed by atoms with E-state index in [4.69, 9.17) is 16.0 Å². The molecule has 16 heavy (non-hydrogen) atoms. The lowest BCUT2D eigenvalue weighted by Crippen LogP contribution is -1.89. The Hall–Kier alpha value is -1.88. The summed E-state index contributed by atoms with van der Waals surface area (Å²) in [6.07, 6.45) is 1.42. The van der Waals surface area contributed by atoms with Crippen molar-refractivity contribution in [3.05, 3.63) is 45.5 Å². The van der Waals surface area contributed by atoms with E-state index in [-0.39, 0.29) is 5.69 Å². The molecule has 2 rings (SSSR count). The fourth-order valence-electron chi connectivity index (χ4n) is 1.31. The van der Waals surface area contributed by atoms with Crippen LogP contribution in [-0.4, -0.2) is 9.91 Å². The van der Waals surface area contributed by atoms with Gasteiger partial charge in [0.25, 0.3) is 5.69 Å². The highest BCUT2D eigenvalue weighted by Crippen LogP contribution is 2.30. The Morgan fingerprint density at radius 2 is 2.25 bits per heavy atom. The van der Waals surface area contributed by atoms with Crippen LogP contribution in [0, 0.1) is 17.0 Å². The Morgan fingerprint density at radius 1 is 1.50 bits per heavy atom. The minimum absolute atomic E-state index is 0.0277. The molecule has 0 saturated carbocycles. The zero-order chi connectivity index (χ0) is 11.7. The SMILES string of the molecule is Cc1nc(-c2cc([N+](=O)[O-])ccc2Cl)co1. The summed E-state index contributed by atoms with van der Waals surface area (Å²) in [4.78, 5) is 14.2. The van der Waals surface area contributed by atoms with Crippen LogP contribution in [0.5, 0.6) is 0 Å². The summed E-state index contributed by atoms with van der Waals surface area (Å²) in [5.74, 6) is 0.484. The van der Waals surface area contributed by atoms with Gasteiger partial charge in [0.2, 0.25) is 0 Å². The molecule has 5 nitrogen and oxygen atoms in total. The average molecular weight is 239 g/mol. The van der Waals surface area contributed by atoms with Gasteiger partial charge in [-0.25, -0.2) is 4.98 Å². The second-order valence-electron chi connectivity index (χ2n) is 3.17. The molecule has 0 radical (unpaired) electrons. The van der Waals surface area contributed by atoms with Gasteiger partial charge in [-0.1, -0.05) is 11.6 Å². The van der Waals surface area contributed by atoms with Crippen LogP contribution in [0.15, 0.2) is 28.9 Å². The number of rotatable bonds is 2. The number of benzene rings is 1. The molecule has 0 aliphatic rings. The third-order valence-electron chi connectivity index (χ3n) is 2.06. The highest BCUT2D eigenvalue weighted by Gasteiger charge is 2.13. The van der Waals surface area contributed by atoms with E-state index in [1.165, 1.54) is 24.5 Å². The maximum atomic E-state index is 10.6.